The average molecular weight is 171 g/mol. The lowest BCUT2D eigenvalue weighted by molar-refractivity contribution is 0.102. The van der Waals surface area contributed by atoms with Gasteiger partial charge in [-0.3, -0.25) is 0 Å². The molecule has 1 nitrogen and oxygen atoms in total. The standard InChI is InChI=1S/C9H17NS/c1-9(2)4-3-8(9)10-7-5-11-6-7/h7-8,10H,3-6H2,1-2H3. The Hall–Kier alpha value is 0.310. The molecule has 1 heterocycles. The van der Waals surface area contributed by atoms with Crippen molar-refractivity contribution in [1.82, 2.24) is 5.32 Å². The summed E-state index contributed by atoms with van der Waals surface area (Å²) in [7, 11) is 0. The monoisotopic (exact) mass is 171 g/mol. The second-order valence-corrected chi connectivity index (χ2v) is 5.56. The number of nitrogens with one attached hydrogen (secondary N) is 1. The van der Waals surface area contributed by atoms with Crippen LogP contribution in [0, 0.1) is 5.41 Å². The van der Waals surface area contributed by atoms with E-state index < -0.39 is 0 Å². The number of rotatable bonds is 2. The summed E-state index contributed by atoms with van der Waals surface area (Å²) in [5, 5.41) is 3.72. The van der Waals surface area contributed by atoms with Crippen molar-refractivity contribution in [2.75, 3.05) is 11.5 Å². The zero-order valence-electron chi connectivity index (χ0n) is 7.39. The molecule has 1 N–H and O–H groups in total. The van der Waals surface area contributed by atoms with Gasteiger partial charge in [-0.05, 0) is 18.3 Å². The minimum atomic E-state index is 0.584. The van der Waals surface area contributed by atoms with E-state index in [2.05, 4.69) is 30.9 Å². The van der Waals surface area contributed by atoms with Crippen molar-refractivity contribution in [1.29, 1.82) is 0 Å². The normalized spacial score (nSPS) is 36.0. The Morgan fingerprint density at radius 2 is 2.09 bits per heavy atom. The van der Waals surface area contributed by atoms with Crippen LogP contribution in [0.2, 0.25) is 0 Å². The van der Waals surface area contributed by atoms with Crippen LogP contribution < -0.4 is 5.32 Å². The highest BCUT2D eigenvalue weighted by molar-refractivity contribution is 8.00. The topological polar surface area (TPSA) is 12.0 Å². The third-order valence-electron chi connectivity index (χ3n) is 3.10. The Kier molecular flexibility index (Phi) is 1.92. The van der Waals surface area contributed by atoms with E-state index in [9.17, 15) is 0 Å². The smallest absolute Gasteiger partial charge is 0.0251 e. The fraction of sp³-hybridized carbons (Fsp3) is 1.00. The third-order valence-corrected chi connectivity index (χ3v) is 4.37. The molecule has 2 heteroatoms. The van der Waals surface area contributed by atoms with Crippen molar-refractivity contribution < 1.29 is 0 Å². The van der Waals surface area contributed by atoms with Crippen molar-refractivity contribution in [2.24, 2.45) is 5.41 Å². The van der Waals surface area contributed by atoms with Crippen molar-refractivity contribution in [3.8, 4) is 0 Å². The molecule has 1 saturated carbocycles. The molecule has 0 bridgehead atoms. The molecule has 0 spiro atoms. The van der Waals surface area contributed by atoms with Gasteiger partial charge in [0, 0.05) is 23.6 Å². The van der Waals surface area contributed by atoms with Crippen LogP contribution in [0.4, 0.5) is 0 Å². The van der Waals surface area contributed by atoms with Crippen LogP contribution in [0.15, 0.2) is 0 Å². The minimum Gasteiger partial charge on any atom is -0.309 e. The van der Waals surface area contributed by atoms with Gasteiger partial charge in [0.15, 0.2) is 0 Å². The first-order valence-electron chi connectivity index (χ1n) is 4.52. The molecule has 0 aromatic carbocycles. The van der Waals surface area contributed by atoms with Gasteiger partial charge in [-0.15, -0.1) is 0 Å². The van der Waals surface area contributed by atoms with Crippen LogP contribution in [0.3, 0.4) is 0 Å². The molecule has 2 fully saturated rings. The molecule has 64 valence electrons. The maximum absolute atomic E-state index is 3.72. The lowest BCUT2D eigenvalue weighted by atomic mass is 9.67. The Labute approximate surface area is 73.3 Å². The number of hydrogen-bond donors (Lipinski definition) is 1. The molecule has 0 amide bonds. The van der Waals surface area contributed by atoms with Gasteiger partial charge in [-0.25, -0.2) is 0 Å². The largest absolute Gasteiger partial charge is 0.309 e. The van der Waals surface area contributed by atoms with E-state index in [0.717, 1.165) is 12.1 Å². The first-order valence-corrected chi connectivity index (χ1v) is 5.68. The number of hydrogen-bond acceptors (Lipinski definition) is 2. The van der Waals surface area contributed by atoms with E-state index in [1.54, 1.807) is 0 Å². The van der Waals surface area contributed by atoms with Crippen LogP contribution in [0.1, 0.15) is 26.7 Å². The van der Waals surface area contributed by atoms with E-state index in [0.29, 0.717) is 5.41 Å². The van der Waals surface area contributed by atoms with Crippen molar-refractivity contribution in [2.45, 2.75) is 38.8 Å². The fourth-order valence-corrected chi connectivity index (χ4v) is 2.46. The Balaban J connectivity index is 1.78. The van der Waals surface area contributed by atoms with Gasteiger partial charge < -0.3 is 5.32 Å². The molecule has 2 rings (SSSR count). The van der Waals surface area contributed by atoms with Crippen LogP contribution in [-0.4, -0.2) is 23.6 Å². The summed E-state index contributed by atoms with van der Waals surface area (Å²) in [5.41, 5.74) is 0.584. The summed E-state index contributed by atoms with van der Waals surface area (Å²) in [6.45, 7) is 4.75. The minimum absolute atomic E-state index is 0.584. The van der Waals surface area contributed by atoms with Crippen LogP contribution in [0.5, 0.6) is 0 Å². The van der Waals surface area contributed by atoms with Gasteiger partial charge in [0.2, 0.25) is 0 Å². The average Bonchev–Trinajstić information content (AvgIpc) is 1.83. The second-order valence-electron chi connectivity index (χ2n) is 4.48. The van der Waals surface area contributed by atoms with Crippen molar-refractivity contribution in [3.63, 3.8) is 0 Å². The highest BCUT2D eigenvalue weighted by atomic mass is 32.2. The summed E-state index contributed by atoms with van der Waals surface area (Å²) >= 11 is 2.06. The molecule has 1 saturated heterocycles. The third kappa shape index (κ3) is 1.43. The highest BCUT2D eigenvalue weighted by Crippen LogP contribution is 2.40. The van der Waals surface area contributed by atoms with Gasteiger partial charge in [0.25, 0.3) is 0 Å². The Bertz CT molecular complexity index is 152. The molecule has 11 heavy (non-hydrogen) atoms. The predicted molar refractivity (Wildman–Crippen MR) is 51.1 cm³/mol. The molecule has 0 radical (unpaired) electrons. The molecule has 2 aliphatic rings. The van der Waals surface area contributed by atoms with E-state index in [1.807, 2.05) is 0 Å². The molecule has 1 atom stereocenters. The quantitative estimate of drug-likeness (QED) is 0.681. The summed E-state index contributed by atoms with van der Waals surface area (Å²) in [5.74, 6) is 2.68. The Morgan fingerprint density at radius 3 is 2.36 bits per heavy atom. The van der Waals surface area contributed by atoms with Gasteiger partial charge >= 0.3 is 0 Å². The first-order chi connectivity index (χ1) is 5.18. The predicted octanol–water partition coefficient (Wildman–Crippen LogP) is 1.88. The van der Waals surface area contributed by atoms with Crippen molar-refractivity contribution >= 4 is 11.8 Å². The maximum Gasteiger partial charge on any atom is 0.0251 e. The van der Waals surface area contributed by atoms with Crippen molar-refractivity contribution in [3.05, 3.63) is 0 Å². The van der Waals surface area contributed by atoms with Gasteiger partial charge in [-0.2, -0.15) is 11.8 Å². The summed E-state index contributed by atoms with van der Waals surface area (Å²) < 4.78 is 0. The summed E-state index contributed by atoms with van der Waals surface area (Å²) in [6, 6.07) is 1.65. The summed E-state index contributed by atoms with van der Waals surface area (Å²) in [6.07, 6.45) is 2.80. The Morgan fingerprint density at radius 1 is 1.36 bits per heavy atom. The number of thioether (sulfide) groups is 1. The van der Waals surface area contributed by atoms with Crippen LogP contribution in [-0.2, 0) is 0 Å². The molecule has 0 aromatic rings. The van der Waals surface area contributed by atoms with E-state index in [-0.39, 0.29) is 0 Å². The second kappa shape index (κ2) is 2.67. The molecular weight excluding hydrogens is 154 g/mol. The van der Waals surface area contributed by atoms with E-state index in [4.69, 9.17) is 0 Å². The maximum atomic E-state index is 3.72. The van der Waals surface area contributed by atoms with Crippen LogP contribution in [0.25, 0.3) is 0 Å². The lowest BCUT2D eigenvalue weighted by Crippen LogP contribution is -2.56. The zero-order valence-corrected chi connectivity index (χ0v) is 8.21. The molecular formula is C9H17NS. The first kappa shape index (κ1) is 7.93. The van der Waals surface area contributed by atoms with E-state index in [1.165, 1.54) is 24.3 Å². The highest BCUT2D eigenvalue weighted by Gasteiger charge is 2.39. The summed E-state index contributed by atoms with van der Waals surface area (Å²) in [4.78, 5) is 0. The van der Waals surface area contributed by atoms with E-state index >= 15 is 0 Å². The van der Waals surface area contributed by atoms with Gasteiger partial charge in [0.1, 0.15) is 0 Å². The molecule has 1 unspecified atom stereocenters. The van der Waals surface area contributed by atoms with Gasteiger partial charge in [-0.1, -0.05) is 13.8 Å². The van der Waals surface area contributed by atoms with Gasteiger partial charge in [0.05, 0.1) is 0 Å². The zero-order chi connectivity index (χ0) is 7.90. The fourth-order valence-electron chi connectivity index (χ4n) is 1.79. The lowest BCUT2D eigenvalue weighted by Gasteiger charge is -2.48. The molecule has 1 aliphatic heterocycles. The molecule has 1 aliphatic carbocycles. The SMILES string of the molecule is CC1(C)CCC1NC1CSC1. The molecule has 0 aromatic heterocycles. The van der Waals surface area contributed by atoms with Crippen LogP contribution >= 0.6 is 11.8 Å².